The zero-order chi connectivity index (χ0) is 17.9. The molecule has 0 N–H and O–H groups in total. The number of benzene rings is 2. The topological polar surface area (TPSA) is 17.4 Å². The first-order chi connectivity index (χ1) is 12.8. The molecule has 134 valence electrons. The Bertz CT molecular complexity index is 866. The van der Waals surface area contributed by atoms with Crippen molar-refractivity contribution in [3.05, 3.63) is 89.2 Å². The Kier molecular flexibility index (Phi) is 4.81. The standard InChI is InChI=1S/C23H26N2O/c1-18-10-12-19(13-11-18)23-21-8-5-14-24(21)15-6-16-25(23)17-20-7-3-4-9-22(20)26-2/h3-5,7-14,23H,6,15-17H2,1-2H3. The Labute approximate surface area is 155 Å². The monoisotopic (exact) mass is 346 g/mol. The molecule has 0 saturated heterocycles. The van der Waals surface area contributed by atoms with Crippen LogP contribution in [0.2, 0.25) is 0 Å². The van der Waals surface area contributed by atoms with Gasteiger partial charge in [0.1, 0.15) is 5.75 Å². The lowest BCUT2D eigenvalue weighted by Gasteiger charge is -2.31. The maximum absolute atomic E-state index is 5.60. The van der Waals surface area contributed by atoms with Crippen LogP contribution in [0.3, 0.4) is 0 Å². The number of hydrogen-bond donors (Lipinski definition) is 0. The van der Waals surface area contributed by atoms with E-state index in [0.29, 0.717) is 0 Å². The van der Waals surface area contributed by atoms with Crippen molar-refractivity contribution >= 4 is 0 Å². The van der Waals surface area contributed by atoms with Gasteiger partial charge in [0.15, 0.2) is 0 Å². The molecule has 0 bridgehead atoms. The van der Waals surface area contributed by atoms with Gasteiger partial charge in [-0.25, -0.2) is 0 Å². The third kappa shape index (κ3) is 3.27. The van der Waals surface area contributed by atoms with Gasteiger partial charge in [-0.3, -0.25) is 4.90 Å². The lowest BCUT2D eigenvalue weighted by atomic mass is 10.00. The summed E-state index contributed by atoms with van der Waals surface area (Å²) in [6.45, 7) is 5.17. The molecular weight excluding hydrogens is 320 g/mol. The summed E-state index contributed by atoms with van der Waals surface area (Å²) in [5.41, 5.74) is 5.27. The van der Waals surface area contributed by atoms with Crippen LogP contribution < -0.4 is 4.74 Å². The summed E-state index contributed by atoms with van der Waals surface area (Å²) >= 11 is 0. The summed E-state index contributed by atoms with van der Waals surface area (Å²) in [4.78, 5) is 2.58. The highest BCUT2D eigenvalue weighted by molar-refractivity contribution is 5.35. The summed E-state index contributed by atoms with van der Waals surface area (Å²) in [5.74, 6) is 0.967. The molecule has 0 fully saturated rings. The predicted octanol–water partition coefficient (Wildman–Crippen LogP) is 4.80. The van der Waals surface area contributed by atoms with Gasteiger partial charge in [-0.05, 0) is 37.1 Å². The largest absolute Gasteiger partial charge is 0.496 e. The lowest BCUT2D eigenvalue weighted by Crippen LogP contribution is -2.29. The van der Waals surface area contributed by atoms with Crippen molar-refractivity contribution in [1.82, 2.24) is 9.47 Å². The van der Waals surface area contributed by atoms with Gasteiger partial charge >= 0.3 is 0 Å². The van der Waals surface area contributed by atoms with Crippen molar-refractivity contribution < 1.29 is 4.74 Å². The predicted molar refractivity (Wildman–Crippen MR) is 105 cm³/mol. The Morgan fingerprint density at radius 1 is 0.962 bits per heavy atom. The molecule has 3 aromatic rings. The molecule has 1 atom stereocenters. The number of ether oxygens (including phenoxy) is 1. The van der Waals surface area contributed by atoms with Crippen LogP contribution in [0.4, 0.5) is 0 Å². The van der Waals surface area contributed by atoms with Crippen LogP contribution in [0, 0.1) is 6.92 Å². The number of methoxy groups -OCH3 is 1. The van der Waals surface area contributed by atoms with E-state index in [4.69, 9.17) is 4.74 Å². The number of rotatable bonds is 4. The second-order valence-electron chi connectivity index (χ2n) is 7.08. The van der Waals surface area contributed by atoms with Crippen molar-refractivity contribution in [3.8, 4) is 5.75 Å². The van der Waals surface area contributed by atoms with Crippen LogP contribution in [0.15, 0.2) is 66.9 Å². The lowest BCUT2D eigenvalue weighted by molar-refractivity contribution is 0.217. The third-order valence-corrected chi connectivity index (χ3v) is 5.31. The minimum atomic E-state index is 0.262. The quantitative estimate of drug-likeness (QED) is 0.675. The van der Waals surface area contributed by atoms with Crippen molar-refractivity contribution in [2.75, 3.05) is 13.7 Å². The summed E-state index contributed by atoms with van der Waals surface area (Å²) in [6, 6.07) is 22.0. The van der Waals surface area contributed by atoms with Gasteiger partial charge in [-0.1, -0.05) is 48.0 Å². The van der Waals surface area contributed by atoms with Gasteiger partial charge in [-0.2, -0.15) is 0 Å². The molecule has 26 heavy (non-hydrogen) atoms. The molecule has 3 heteroatoms. The van der Waals surface area contributed by atoms with Crippen LogP contribution in [-0.4, -0.2) is 23.1 Å². The van der Waals surface area contributed by atoms with Crippen LogP contribution >= 0.6 is 0 Å². The Balaban J connectivity index is 1.74. The fourth-order valence-corrected chi connectivity index (χ4v) is 3.99. The molecule has 1 aliphatic heterocycles. The summed E-state index contributed by atoms with van der Waals surface area (Å²) in [6.07, 6.45) is 3.36. The van der Waals surface area contributed by atoms with Crippen LogP contribution in [-0.2, 0) is 13.1 Å². The Morgan fingerprint density at radius 2 is 1.77 bits per heavy atom. The number of hydrogen-bond acceptors (Lipinski definition) is 2. The first-order valence-corrected chi connectivity index (χ1v) is 9.34. The molecule has 1 aliphatic rings. The molecule has 2 aromatic carbocycles. The van der Waals surface area contributed by atoms with Crippen LogP contribution in [0.25, 0.3) is 0 Å². The Morgan fingerprint density at radius 3 is 2.58 bits per heavy atom. The van der Waals surface area contributed by atoms with E-state index in [1.807, 2.05) is 6.07 Å². The van der Waals surface area contributed by atoms with E-state index in [1.165, 1.54) is 22.4 Å². The molecule has 0 radical (unpaired) electrons. The highest BCUT2D eigenvalue weighted by atomic mass is 16.5. The molecular formula is C23H26N2O. The van der Waals surface area contributed by atoms with E-state index in [2.05, 4.69) is 77.2 Å². The first-order valence-electron chi connectivity index (χ1n) is 9.34. The summed E-state index contributed by atoms with van der Waals surface area (Å²) < 4.78 is 8.01. The van der Waals surface area contributed by atoms with Gasteiger partial charge < -0.3 is 9.30 Å². The molecule has 2 heterocycles. The number of aromatic nitrogens is 1. The second kappa shape index (κ2) is 7.38. The zero-order valence-electron chi connectivity index (χ0n) is 15.6. The van der Waals surface area contributed by atoms with Crippen molar-refractivity contribution in [2.24, 2.45) is 0 Å². The molecule has 0 spiro atoms. The molecule has 0 amide bonds. The minimum Gasteiger partial charge on any atom is -0.496 e. The maximum Gasteiger partial charge on any atom is 0.123 e. The number of nitrogens with zero attached hydrogens (tertiary/aromatic N) is 2. The van der Waals surface area contributed by atoms with E-state index in [0.717, 1.165) is 31.8 Å². The van der Waals surface area contributed by atoms with E-state index in [-0.39, 0.29) is 6.04 Å². The summed E-state index contributed by atoms with van der Waals surface area (Å²) in [7, 11) is 1.75. The number of fused-ring (bicyclic) bond motifs is 1. The van der Waals surface area contributed by atoms with Gasteiger partial charge in [0.25, 0.3) is 0 Å². The van der Waals surface area contributed by atoms with Crippen molar-refractivity contribution in [3.63, 3.8) is 0 Å². The van der Waals surface area contributed by atoms with Gasteiger partial charge in [0.05, 0.1) is 13.2 Å². The SMILES string of the molecule is COc1ccccc1CN1CCCn2cccc2C1c1ccc(C)cc1. The molecule has 0 saturated carbocycles. The fourth-order valence-electron chi connectivity index (χ4n) is 3.99. The highest BCUT2D eigenvalue weighted by Crippen LogP contribution is 2.34. The Hall–Kier alpha value is -2.52. The van der Waals surface area contributed by atoms with E-state index >= 15 is 0 Å². The maximum atomic E-state index is 5.60. The highest BCUT2D eigenvalue weighted by Gasteiger charge is 2.27. The number of para-hydroxylation sites is 1. The summed E-state index contributed by atoms with van der Waals surface area (Å²) in [5, 5.41) is 0. The zero-order valence-corrected chi connectivity index (χ0v) is 15.6. The smallest absolute Gasteiger partial charge is 0.123 e. The van der Waals surface area contributed by atoms with Gasteiger partial charge in [0, 0.05) is 37.1 Å². The molecule has 1 unspecified atom stereocenters. The first kappa shape index (κ1) is 16.9. The molecule has 3 nitrogen and oxygen atoms in total. The minimum absolute atomic E-state index is 0.262. The van der Waals surface area contributed by atoms with E-state index < -0.39 is 0 Å². The van der Waals surface area contributed by atoms with E-state index in [9.17, 15) is 0 Å². The molecule has 4 rings (SSSR count). The molecule has 0 aliphatic carbocycles. The fraction of sp³-hybridized carbons (Fsp3) is 0.304. The average molecular weight is 346 g/mol. The second-order valence-corrected chi connectivity index (χ2v) is 7.08. The third-order valence-electron chi connectivity index (χ3n) is 5.31. The van der Waals surface area contributed by atoms with Crippen LogP contribution in [0.5, 0.6) is 5.75 Å². The van der Waals surface area contributed by atoms with Gasteiger partial charge in [-0.15, -0.1) is 0 Å². The average Bonchev–Trinajstić information content (AvgIpc) is 3.05. The normalized spacial score (nSPS) is 17.5. The molecule has 1 aromatic heterocycles. The van der Waals surface area contributed by atoms with Crippen molar-refractivity contribution in [1.29, 1.82) is 0 Å². The van der Waals surface area contributed by atoms with Gasteiger partial charge in [0.2, 0.25) is 0 Å². The van der Waals surface area contributed by atoms with Crippen molar-refractivity contribution in [2.45, 2.75) is 32.5 Å². The number of aryl methyl sites for hydroxylation is 2. The van der Waals surface area contributed by atoms with E-state index in [1.54, 1.807) is 7.11 Å². The van der Waals surface area contributed by atoms with Crippen LogP contribution in [0.1, 0.15) is 34.8 Å².